The highest BCUT2D eigenvalue weighted by molar-refractivity contribution is 5.91. The Balaban J connectivity index is 1.45. The van der Waals surface area contributed by atoms with Crippen LogP contribution in [0.2, 0.25) is 0 Å². The van der Waals surface area contributed by atoms with Crippen molar-refractivity contribution in [2.45, 2.75) is 26.2 Å². The maximum atomic E-state index is 13.0. The van der Waals surface area contributed by atoms with Crippen LogP contribution in [0.4, 0.5) is 15.8 Å². The number of hydrogen-bond acceptors (Lipinski definition) is 3. The van der Waals surface area contributed by atoms with Crippen LogP contribution in [-0.4, -0.2) is 25.6 Å². The third kappa shape index (κ3) is 4.50. The molecule has 0 unspecified atom stereocenters. The van der Waals surface area contributed by atoms with Gasteiger partial charge in [-0.25, -0.2) is 4.39 Å². The molecule has 4 nitrogen and oxygen atoms in total. The summed E-state index contributed by atoms with van der Waals surface area (Å²) >= 11 is 0. The standard InChI is InChI=1S/C20H23FN2O2/c1-2-23-11-10-15-8-9-17(14-19(15)23)22-20(24)7-4-12-25-18-6-3-5-16(21)13-18/h3,5-6,8-9,13-14H,2,4,7,10-12H2,1H3,(H,22,24). The summed E-state index contributed by atoms with van der Waals surface area (Å²) in [5.74, 6) is 0.121. The molecule has 0 radical (unpaired) electrons. The van der Waals surface area contributed by atoms with Crippen LogP contribution >= 0.6 is 0 Å². The van der Waals surface area contributed by atoms with Gasteiger partial charge in [0.15, 0.2) is 0 Å². The van der Waals surface area contributed by atoms with E-state index in [0.29, 0.717) is 25.2 Å². The van der Waals surface area contributed by atoms with Gasteiger partial charge in [0.25, 0.3) is 0 Å². The number of nitrogens with one attached hydrogen (secondary N) is 1. The molecule has 0 atom stereocenters. The Morgan fingerprint density at radius 1 is 1.28 bits per heavy atom. The smallest absolute Gasteiger partial charge is 0.224 e. The van der Waals surface area contributed by atoms with Crippen molar-refractivity contribution >= 4 is 17.3 Å². The van der Waals surface area contributed by atoms with Gasteiger partial charge in [0.2, 0.25) is 5.91 Å². The summed E-state index contributed by atoms with van der Waals surface area (Å²) in [6.45, 7) is 4.53. The molecule has 1 amide bonds. The third-order valence-electron chi connectivity index (χ3n) is 4.36. The second kappa shape index (κ2) is 8.01. The van der Waals surface area contributed by atoms with Gasteiger partial charge in [0.05, 0.1) is 6.61 Å². The van der Waals surface area contributed by atoms with Crippen molar-refractivity contribution < 1.29 is 13.9 Å². The SMILES string of the molecule is CCN1CCc2ccc(NC(=O)CCCOc3cccc(F)c3)cc21. The molecule has 1 N–H and O–H groups in total. The van der Waals surface area contributed by atoms with Crippen molar-refractivity contribution in [1.29, 1.82) is 0 Å². The van der Waals surface area contributed by atoms with Crippen LogP contribution in [0, 0.1) is 5.82 Å². The minimum Gasteiger partial charge on any atom is -0.493 e. The lowest BCUT2D eigenvalue weighted by Crippen LogP contribution is -2.19. The maximum Gasteiger partial charge on any atom is 0.224 e. The van der Waals surface area contributed by atoms with Gasteiger partial charge in [-0.3, -0.25) is 4.79 Å². The average Bonchev–Trinajstić information content (AvgIpc) is 3.01. The van der Waals surface area contributed by atoms with E-state index in [2.05, 4.69) is 23.2 Å². The van der Waals surface area contributed by atoms with Gasteiger partial charge in [-0.15, -0.1) is 0 Å². The van der Waals surface area contributed by atoms with Gasteiger partial charge in [-0.1, -0.05) is 12.1 Å². The van der Waals surface area contributed by atoms with Crippen molar-refractivity contribution in [2.24, 2.45) is 0 Å². The summed E-state index contributed by atoms with van der Waals surface area (Å²) in [5, 5.41) is 2.94. The largest absolute Gasteiger partial charge is 0.493 e. The van der Waals surface area contributed by atoms with E-state index in [0.717, 1.165) is 25.2 Å². The molecule has 1 aliphatic heterocycles. The number of anilines is 2. The lowest BCUT2D eigenvalue weighted by Gasteiger charge is -2.17. The quantitative estimate of drug-likeness (QED) is 0.773. The normalized spacial score (nSPS) is 12.8. The molecule has 0 bridgehead atoms. The third-order valence-corrected chi connectivity index (χ3v) is 4.36. The van der Waals surface area contributed by atoms with Crippen LogP contribution in [0.15, 0.2) is 42.5 Å². The molecule has 0 fully saturated rings. The first-order valence-electron chi connectivity index (χ1n) is 8.72. The molecular formula is C20H23FN2O2. The predicted octanol–water partition coefficient (Wildman–Crippen LogP) is 4.01. The molecule has 0 aromatic heterocycles. The summed E-state index contributed by atoms with van der Waals surface area (Å²) in [6, 6.07) is 12.1. The number of nitrogens with zero attached hydrogens (tertiary/aromatic N) is 1. The first-order chi connectivity index (χ1) is 12.2. The molecule has 1 heterocycles. The predicted molar refractivity (Wildman–Crippen MR) is 97.8 cm³/mol. The van der Waals surface area contributed by atoms with Crippen molar-refractivity contribution in [3.8, 4) is 5.75 Å². The zero-order chi connectivity index (χ0) is 17.6. The van der Waals surface area contributed by atoms with Crippen LogP contribution in [-0.2, 0) is 11.2 Å². The Morgan fingerprint density at radius 3 is 2.96 bits per heavy atom. The van der Waals surface area contributed by atoms with E-state index >= 15 is 0 Å². The number of carbonyl (C=O) groups is 1. The maximum absolute atomic E-state index is 13.0. The van der Waals surface area contributed by atoms with Crippen molar-refractivity contribution in [2.75, 3.05) is 29.9 Å². The highest BCUT2D eigenvalue weighted by Gasteiger charge is 2.18. The molecular weight excluding hydrogens is 319 g/mol. The highest BCUT2D eigenvalue weighted by atomic mass is 19.1. The van der Waals surface area contributed by atoms with Crippen LogP contribution < -0.4 is 15.0 Å². The number of hydrogen-bond donors (Lipinski definition) is 1. The number of amides is 1. The molecule has 0 saturated heterocycles. The van der Waals surface area contributed by atoms with E-state index in [-0.39, 0.29) is 11.7 Å². The Kier molecular flexibility index (Phi) is 5.53. The van der Waals surface area contributed by atoms with Gasteiger partial charge in [-0.2, -0.15) is 0 Å². The first kappa shape index (κ1) is 17.3. The Bertz CT molecular complexity index is 748. The molecule has 0 spiro atoms. The lowest BCUT2D eigenvalue weighted by atomic mass is 10.1. The molecule has 2 aromatic rings. The number of carbonyl (C=O) groups excluding carboxylic acids is 1. The highest BCUT2D eigenvalue weighted by Crippen LogP contribution is 2.30. The van der Waals surface area contributed by atoms with Crippen molar-refractivity contribution in [1.82, 2.24) is 0 Å². The van der Waals surface area contributed by atoms with E-state index in [4.69, 9.17) is 4.74 Å². The van der Waals surface area contributed by atoms with Crippen LogP contribution in [0.1, 0.15) is 25.3 Å². The molecule has 3 rings (SSSR count). The molecule has 5 heteroatoms. The van der Waals surface area contributed by atoms with Crippen LogP contribution in [0.25, 0.3) is 0 Å². The minimum atomic E-state index is -0.326. The van der Waals surface area contributed by atoms with Gasteiger partial charge in [-0.05, 0) is 49.6 Å². The number of benzene rings is 2. The Hall–Kier alpha value is -2.56. The summed E-state index contributed by atoms with van der Waals surface area (Å²) in [6.07, 6.45) is 2.01. The Labute approximate surface area is 147 Å². The van der Waals surface area contributed by atoms with E-state index < -0.39 is 0 Å². The number of likely N-dealkylation sites (N-methyl/N-ethyl adjacent to an activating group) is 1. The zero-order valence-electron chi connectivity index (χ0n) is 14.4. The van der Waals surface area contributed by atoms with Gasteiger partial charge >= 0.3 is 0 Å². The summed E-state index contributed by atoms with van der Waals surface area (Å²) in [5.41, 5.74) is 3.38. The molecule has 0 aliphatic carbocycles. The fraction of sp³-hybridized carbons (Fsp3) is 0.350. The van der Waals surface area contributed by atoms with E-state index in [9.17, 15) is 9.18 Å². The summed E-state index contributed by atoms with van der Waals surface area (Å²) in [4.78, 5) is 14.4. The van der Waals surface area contributed by atoms with E-state index in [1.807, 2.05) is 12.1 Å². The van der Waals surface area contributed by atoms with Crippen molar-refractivity contribution in [3.63, 3.8) is 0 Å². The van der Waals surface area contributed by atoms with Gasteiger partial charge in [0.1, 0.15) is 11.6 Å². The number of ether oxygens (including phenoxy) is 1. The monoisotopic (exact) mass is 342 g/mol. The fourth-order valence-corrected chi connectivity index (χ4v) is 3.05. The van der Waals surface area contributed by atoms with Crippen LogP contribution in [0.3, 0.4) is 0 Å². The summed E-state index contributed by atoms with van der Waals surface area (Å²) in [7, 11) is 0. The zero-order valence-corrected chi connectivity index (χ0v) is 14.4. The van der Waals surface area contributed by atoms with Gasteiger partial charge in [0, 0.05) is 37.0 Å². The molecule has 0 saturated carbocycles. The van der Waals surface area contributed by atoms with E-state index in [1.165, 1.54) is 23.4 Å². The number of halogens is 1. The summed E-state index contributed by atoms with van der Waals surface area (Å²) < 4.78 is 18.5. The second-order valence-electron chi connectivity index (χ2n) is 6.13. The topological polar surface area (TPSA) is 41.6 Å². The van der Waals surface area contributed by atoms with E-state index in [1.54, 1.807) is 12.1 Å². The second-order valence-corrected chi connectivity index (χ2v) is 6.13. The molecule has 2 aromatic carbocycles. The molecule has 1 aliphatic rings. The van der Waals surface area contributed by atoms with Gasteiger partial charge < -0.3 is 15.0 Å². The lowest BCUT2D eigenvalue weighted by molar-refractivity contribution is -0.116. The minimum absolute atomic E-state index is 0.0381. The number of fused-ring (bicyclic) bond motifs is 1. The molecule has 25 heavy (non-hydrogen) atoms. The number of rotatable bonds is 7. The average molecular weight is 342 g/mol. The van der Waals surface area contributed by atoms with Crippen LogP contribution in [0.5, 0.6) is 5.75 Å². The fourth-order valence-electron chi connectivity index (χ4n) is 3.05. The Morgan fingerprint density at radius 2 is 2.16 bits per heavy atom. The first-order valence-corrected chi connectivity index (χ1v) is 8.72. The van der Waals surface area contributed by atoms with Crippen molar-refractivity contribution in [3.05, 3.63) is 53.8 Å². The molecule has 132 valence electrons.